The topological polar surface area (TPSA) is 80.8 Å². The summed E-state index contributed by atoms with van der Waals surface area (Å²) in [4.78, 5) is 21.2. The number of likely N-dealkylation sites (tertiary alicyclic amines) is 2. The van der Waals surface area contributed by atoms with E-state index in [1.54, 1.807) is 0 Å². The fourth-order valence-electron chi connectivity index (χ4n) is 6.33. The number of rotatable bonds is 9. The van der Waals surface area contributed by atoms with Gasteiger partial charge in [-0.3, -0.25) is 14.6 Å². The number of benzene rings is 2. The van der Waals surface area contributed by atoms with Gasteiger partial charge in [-0.1, -0.05) is 24.1 Å². The number of piperidine rings is 1. The number of amides is 1. The van der Waals surface area contributed by atoms with Crippen LogP contribution in [0, 0.1) is 0 Å². The first kappa shape index (κ1) is 30.9. The van der Waals surface area contributed by atoms with E-state index < -0.39 is 0 Å². The molecule has 3 aliphatic heterocycles. The van der Waals surface area contributed by atoms with Crippen LogP contribution < -0.4 is 10.1 Å². The molecule has 1 amide bonds. The van der Waals surface area contributed by atoms with E-state index in [9.17, 15) is 9.90 Å². The van der Waals surface area contributed by atoms with Crippen molar-refractivity contribution in [1.29, 1.82) is 0 Å². The lowest BCUT2D eigenvalue weighted by Crippen LogP contribution is -2.33. The van der Waals surface area contributed by atoms with Crippen LogP contribution in [0.15, 0.2) is 30.3 Å². The molecule has 40 heavy (non-hydrogen) atoms. The quantitative estimate of drug-likeness (QED) is 0.268. The molecule has 0 saturated carbocycles. The van der Waals surface area contributed by atoms with E-state index >= 15 is 0 Å². The zero-order chi connectivity index (χ0) is 26.1. The van der Waals surface area contributed by atoms with Crippen LogP contribution in [0.4, 0.5) is 0 Å². The number of nitrogens with one attached hydrogen (secondary N) is 2. The molecule has 0 radical (unpaired) electrons. The predicted molar refractivity (Wildman–Crippen MR) is 165 cm³/mol. The number of nitrogens with zero attached hydrogens (tertiary/aromatic N) is 2. The fraction of sp³-hybridized carbons (Fsp3) is 0.500. The average molecular weight is 610 g/mol. The van der Waals surface area contributed by atoms with Crippen molar-refractivity contribution < 1.29 is 14.6 Å². The molecule has 3 aliphatic rings. The number of hydrogen-bond donors (Lipinski definition) is 3. The third-order valence-electron chi connectivity index (χ3n) is 8.37. The van der Waals surface area contributed by atoms with Crippen LogP contribution in [0.3, 0.4) is 0 Å². The number of aliphatic hydroxyl groups is 1. The van der Waals surface area contributed by atoms with Gasteiger partial charge in [-0.05, 0) is 81.6 Å². The molecule has 0 aliphatic carbocycles. The number of carbonyl (C=O) groups is 1. The van der Waals surface area contributed by atoms with Crippen molar-refractivity contribution >= 4 is 53.2 Å². The van der Waals surface area contributed by atoms with Crippen LogP contribution in [0.2, 0.25) is 5.02 Å². The van der Waals surface area contributed by atoms with Crippen molar-refractivity contribution in [3.05, 3.63) is 52.0 Å². The Hall–Kier alpha value is -2.00. The number of hydrogen-bond acceptors (Lipinski definition) is 5. The standard InChI is InChI=1S/C30H37ClN4O3.2ClH/c31-29-24-17-32-30(37)28(24)23(16-27(29)38-13-5-12-35-11-4-6-22(35)19-36)26-15-21-14-20(7-8-25(21)33-26)18-34-9-2-1-3-10-34;;/h7-8,14-16,22,33,36H,1-6,9-13,17-19H2,(H,32,37);2*1H. The Morgan fingerprint density at radius 3 is 2.67 bits per heavy atom. The molecule has 3 aromatic rings. The second kappa shape index (κ2) is 13.8. The molecule has 218 valence electrons. The van der Waals surface area contributed by atoms with Crippen LogP contribution in [0.1, 0.15) is 60.0 Å². The summed E-state index contributed by atoms with van der Waals surface area (Å²) < 4.78 is 6.19. The van der Waals surface area contributed by atoms with Crippen molar-refractivity contribution in [2.45, 2.75) is 57.7 Å². The van der Waals surface area contributed by atoms with Gasteiger partial charge in [0, 0.05) is 53.4 Å². The summed E-state index contributed by atoms with van der Waals surface area (Å²) in [6.07, 6.45) is 6.95. The van der Waals surface area contributed by atoms with Gasteiger partial charge in [0.15, 0.2) is 0 Å². The SMILES string of the molecule is Cl.Cl.O=C1NCc2c(Cl)c(OCCCN3CCCC3CO)cc(-c3cc4cc(CN5CCCCC5)ccc4[nH]3)c21. The Kier molecular flexibility index (Phi) is 10.7. The van der Waals surface area contributed by atoms with Crippen LogP contribution in [-0.2, 0) is 13.1 Å². The summed E-state index contributed by atoms with van der Waals surface area (Å²) in [7, 11) is 0. The molecule has 0 bridgehead atoms. The normalized spacial score (nSPS) is 19.2. The van der Waals surface area contributed by atoms with Gasteiger partial charge in [0.1, 0.15) is 5.75 Å². The molecule has 2 aromatic carbocycles. The van der Waals surface area contributed by atoms with Crippen LogP contribution in [0.25, 0.3) is 22.2 Å². The number of carbonyl (C=O) groups excluding carboxylic acids is 1. The van der Waals surface area contributed by atoms with Crippen LogP contribution in [0.5, 0.6) is 5.75 Å². The van der Waals surface area contributed by atoms with Gasteiger partial charge < -0.3 is 20.1 Å². The van der Waals surface area contributed by atoms with E-state index in [0.717, 1.165) is 66.6 Å². The largest absolute Gasteiger partial charge is 0.492 e. The zero-order valence-corrected chi connectivity index (χ0v) is 25.1. The highest BCUT2D eigenvalue weighted by Crippen LogP contribution is 2.41. The Bertz CT molecular complexity index is 1330. The van der Waals surface area contributed by atoms with Gasteiger partial charge in [0.25, 0.3) is 5.91 Å². The van der Waals surface area contributed by atoms with Crippen molar-refractivity contribution in [3.63, 3.8) is 0 Å². The molecular weight excluding hydrogens is 571 g/mol. The summed E-state index contributed by atoms with van der Waals surface area (Å²) in [6.45, 7) is 6.39. The van der Waals surface area contributed by atoms with E-state index in [2.05, 4.69) is 44.4 Å². The molecule has 0 spiro atoms. The number of halogens is 3. The highest BCUT2D eigenvalue weighted by Gasteiger charge is 2.29. The minimum atomic E-state index is -0.100. The lowest BCUT2D eigenvalue weighted by molar-refractivity contribution is 0.0966. The summed E-state index contributed by atoms with van der Waals surface area (Å²) >= 11 is 6.75. The Balaban J connectivity index is 0.00000185. The van der Waals surface area contributed by atoms with Gasteiger partial charge >= 0.3 is 0 Å². The molecule has 6 rings (SSSR count). The maximum atomic E-state index is 12.8. The molecule has 10 heteroatoms. The third-order valence-corrected chi connectivity index (χ3v) is 8.78. The Labute approximate surface area is 253 Å². The van der Waals surface area contributed by atoms with E-state index in [1.165, 1.54) is 37.9 Å². The molecule has 7 nitrogen and oxygen atoms in total. The molecule has 3 N–H and O–H groups in total. The fourth-order valence-corrected chi connectivity index (χ4v) is 6.61. The van der Waals surface area contributed by atoms with Crippen molar-refractivity contribution in [2.75, 3.05) is 39.4 Å². The number of H-pyrrole nitrogens is 1. The number of aromatic nitrogens is 1. The predicted octanol–water partition coefficient (Wildman–Crippen LogP) is 5.79. The molecule has 2 fully saturated rings. The molecule has 1 atom stereocenters. The van der Waals surface area contributed by atoms with Gasteiger partial charge in [0.05, 0.1) is 23.8 Å². The van der Waals surface area contributed by atoms with Crippen molar-refractivity contribution in [3.8, 4) is 17.0 Å². The van der Waals surface area contributed by atoms with E-state index in [4.69, 9.17) is 16.3 Å². The summed E-state index contributed by atoms with van der Waals surface area (Å²) in [5, 5.41) is 14.2. The highest BCUT2D eigenvalue weighted by molar-refractivity contribution is 6.34. The lowest BCUT2D eigenvalue weighted by atomic mass is 9.99. The average Bonchev–Trinajstić information content (AvgIpc) is 3.67. The van der Waals surface area contributed by atoms with Crippen molar-refractivity contribution in [1.82, 2.24) is 20.1 Å². The second-order valence-corrected chi connectivity index (χ2v) is 11.3. The minimum absolute atomic E-state index is 0. The number of aliphatic hydroxyl groups excluding tert-OH is 1. The Morgan fingerprint density at radius 2 is 1.88 bits per heavy atom. The molecule has 1 aromatic heterocycles. The number of ether oxygens (including phenoxy) is 1. The second-order valence-electron chi connectivity index (χ2n) is 10.9. The first-order chi connectivity index (χ1) is 18.6. The number of aromatic amines is 1. The van der Waals surface area contributed by atoms with Gasteiger partial charge in [0.2, 0.25) is 0 Å². The number of fused-ring (bicyclic) bond motifs is 2. The Morgan fingerprint density at radius 1 is 1.05 bits per heavy atom. The van der Waals surface area contributed by atoms with E-state index in [-0.39, 0.29) is 43.4 Å². The summed E-state index contributed by atoms with van der Waals surface area (Å²) in [6, 6.07) is 10.9. The lowest BCUT2D eigenvalue weighted by Gasteiger charge is -2.26. The molecule has 4 heterocycles. The van der Waals surface area contributed by atoms with E-state index in [1.807, 2.05) is 6.07 Å². The van der Waals surface area contributed by atoms with E-state index in [0.29, 0.717) is 29.5 Å². The smallest absolute Gasteiger partial charge is 0.252 e. The third kappa shape index (κ3) is 6.40. The molecule has 2 saturated heterocycles. The minimum Gasteiger partial charge on any atom is -0.492 e. The first-order valence-corrected chi connectivity index (χ1v) is 14.4. The van der Waals surface area contributed by atoms with Gasteiger partial charge in [-0.15, -0.1) is 24.8 Å². The monoisotopic (exact) mass is 608 g/mol. The maximum absolute atomic E-state index is 12.8. The van der Waals surface area contributed by atoms with Gasteiger partial charge in [-0.2, -0.15) is 0 Å². The van der Waals surface area contributed by atoms with Crippen molar-refractivity contribution in [2.24, 2.45) is 0 Å². The highest BCUT2D eigenvalue weighted by atomic mass is 35.5. The zero-order valence-electron chi connectivity index (χ0n) is 22.7. The summed E-state index contributed by atoms with van der Waals surface area (Å²) in [5.41, 5.74) is 5.51. The van der Waals surface area contributed by atoms with Crippen LogP contribution in [-0.4, -0.2) is 71.2 Å². The molecule has 1 unspecified atom stereocenters. The first-order valence-electron chi connectivity index (χ1n) is 14.1. The van der Waals surface area contributed by atoms with Crippen LogP contribution >= 0.6 is 36.4 Å². The molecular formula is C30H39Cl3N4O3. The van der Waals surface area contributed by atoms with Gasteiger partial charge in [-0.25, -0.2) is 0 Å². The maximum Gasteiger partial charge on any atom is 0.252 e. The summed E-state index contributed by atoms with van der Waals surface area (Å²) in [5.74, 6) is 0.512.